The van der Waals surface area contributed by atoms with Gasteiger partial charge in [0.1, 0.15) is 29.8 Å². The van der Waals surface area contributed by atoms with Gasteiger partial charge in [0, 0.05) is 6.07 Å². The minimum atomic E-state index is -1.50. The molecule has 3 N–H and O–H groups in total. The average Bonchev–Trinajstić information content (AvgIpc) is 2.64. The normalized spacial score (nSPS) is 25.4. The van der Waals surface area contributed by atoms with Gasteiger partial charge in [-0.2, -0.15) is 0 Å². The van der Waals surface area contributed by atoms with Crippen molar-refractivity contribution in [3.8, 4) is 17.2 Å². The Bertz CT molecular complexity index is 764. The van der Waals surface area contributed by atoms with Crippen LogP contribution in [0.15, 0.2) is 42.5 Å². The Morgan fingerprint density at radius 1 is 1.00 bits per heavy atom. The summed E-state index contributed by atoms with van der Waals surface area (Å²) in [5.41, 5.74) is 1.18. The molecule has 0 aliphatic carbocycles. The zero-order chi connectivity index (χ0) is 19.6. The lowest BCUT2D eigenvalue weighted by Gasteiger charge is -2.34. The van der Waals surface area contributed by atoms with Gasteiger partial charge in [-0.3, -0.25) is 0 Å². The highest BCUT2D eigenvalue weighted by Gasteiger charge is 2.39. The highest BCUT2D eigenvalue weighted by Crippen LogP contribution is 2.29. The Kier molecular flexibility index (Phi) is 5.96. The van der Waals surface area contributed by atoms with Gasteiger partial charge >= 0.3 is 0 Å². The molecule has 1 aliphatic heterocycles. The van der Waals surface area contributed by atoms with E-state index in [9.17, 15) is 19.7 Å². The third-order valence-electron chi connectivity index (χ3n) is 4.38. The fourth-order valence-corrected chi connectivity index (χ4v) is 2.71. The molecule has 0 aromatic heterocycles. The predicted octanol–water partition coefficient (Wildman–Crippen LogP) is 2.56. The van der Waals surface area contributed by atoms with E-state index in [1.807, 2.05) is 24.3 Å². The summed E-state index contributed by atoms with van der Waals surface area (Å²) in [7, 11) is 0. The second kappa shape index (κ2) is 8.22. The zero-order valence-electron chi connectivity index (χ0n) is 15.1. The van der Waals surface area contributed by atoms with Crippen molar-refractivity contribution in [1.82, 2.24) is 0 Å². The molecule has 1 aliphatic rings. The maximum absolute atomic E-state index is 14.3. The van der Waals surface area contributed by atoms with E-state index in [1.165, 1.54) is 17.7 Å². The van der Waals surface area contributed by atoms with Gasteiger partial charge in [-0.15, -0.1) is 0 Å². The van der Waals surface area contributed by atoms with Crippen molar-refractivity contribution in [3.63, 3.8) is 0 Å². The maximum Gasteiger partial charge on any atom is 0.229 e. The monoisotopic (exact) mass is 378 g/mol. The molecule has 0 saturated carbocycles. The van der Waals surface area contributed by atoms with E-state index in [2.05, 4.69) is 13.8 Å². The maximum atomic E-state index is 14.3. The summed E-state index contributed by atoms with van der Waals surface area (Å²) in [6, 6.07) is 11.6. The van der Waals surface area contributed by atoms with Crippen LogP contribution >= 0.6 is 0 Å². The van der Waals surface area contributed by atoms with Gasteiger partial charge < -0.3 is 29.5 Å². The molecular weight excluding hydrogens is 355 g/mol. The van der Waals surface area contributed by atoms with Crippen LogP contribution in [0.3, 0.4) is 0 Å². The van der Waals surface area contributed by atoms with E-state index >= 15 is 0 Å². The molecule has 0 amide bonds. The number of hydrogen-bond acceptors (Lipinski definition) is 6. The quantitative estimate of drug-likeness (QED) is 0.741. The average molecular weight is 378 g/mol. The fourth-order valence-electron chi connectivity index (χ4n) is 2.71. The molecule has 1 saturated heterocycles. The Hall–Kier alpha value is -2.19. The second-order valence-corrected chi connectivity index (χ2v) is 6.79. The Balaban J connectivity index is 1.67. The van der Waals surface area contributed by atoms with Gasteiger partial charge in [0.2, 0.25) is 6.29 Å². The van der Waals surface area contributed by atoms with E-state index in [4.69, 9.17) is 14.2 Å². The Morgan fingerprint density at radius 3 is 2.30 bits per heavy atom. The molecule has 2 aromatic rings. The highest BCUT2D eigenvalue weighted by atomic mass is 19.1. The van der Waals surface area contributed by atoms with Crippen molar-refractivity contribution in [2.45, 2.75) is 44.4 Å². The molecule has 0 unspecified atom stereocenters. The van der Waals surface area contributed by atoms with E-state index in [0.717, 1.165) is 6.07 Å². The third-order valence-corrected chi connectivity index (χ3v) is 4.38. The molecule has 2 aromatic carbocycles. The van der Waals surface area contributed by atoms with Gasteiger partial charge in [-0.1, -0.05) is 26.0 Å². The second-order valence-electron chi connectivity index (χ2n) is 6.79. The molecule has 0 bridgehead atoms. The van der Waals surface area contributed by atoms with Crippen LogP contribution in [0.5, 0.6) is 17.2 Å². The van der Waals surface area contributed by atoms with Crippen LogP contribution < -0.4 is 9.47 Å². The lowest BCUT2D eigenvalue weighted by molar-refractivity contribution is -0.242. The molecule has 1 fully saturated rings. The van der Waals surface area contributed by atoms with Gasteiger partial charge in [-0.25, -0.2) is 4.39 Å². The first-order chi connectivity index (χ1) is 12.8. The van der Waals surface area contributed by atoms with Crippen molar-refractivity contribution in [2.75, 3.05) is 6.61 Å². The van der Waals surface area contributed by atoms with Crippen molar-refractivity contribution in [3.05, 3.63) is 53.8 Å². The van der Waals surface area contributed by atoms with Gasteiger partial charge in [-0.05, 0) is 35.7 Å². The molecular formula is C20H23FO6. The summed E-state index contributed by atoms with van der Waals surface area (Å²) >= 11 is 0. The lowest BCUT2D eigenvalue weighted by Crippen LogP contribution is -2.54. The van der Waals surface area contributed by atoms with Crippen molar-refractivity contribution in [2.24, 2.45) is 0 Å². The minimum absolute atomic E-state index is 0.162. The minimum Gasteiger partial charge on any atom is -0.459 e. The number of aliphatic hydroxyl groups excluding tert-OH is 3. The number of halogens is 1. The highest BCUT2D eigenvalue weighted by molar-refractivity contribution is 5.37. The van der Waals surface area contributed by atoms with Crippen LogP contribution in [0.4, 0.5) is 4.39 Å². The van der Waals surface area contributed by atoms with Gasteiger partial charge in [0.25, 0.3) is 0 Å². The summed E-state index contributed by atoms with van der Waals surface area (Å²) in [6.07, 6.45) is -5.43. The first kappa shape index (κ1) is 19.6. The predicted molar refractivity (Wildman–Crippen MR) is 95.4 cm³/mol. The summed E-state index contributed by atoms with van der Waals surface area (Å²) in [5, 5.41) is 28.9. The van der Waals surface area contributed by atoms with E-state index in [1.54, 1.807) is 0 Å². The van der Waals surface area contributed by atoms with Gasteiger partial charge in [0.05, 0.1) is 6.61 Å². The number of ether oxygens (including phenoxy) is 3. The summed E-state index contributed by atoms with van der Waals surface area (Å²) in [6.45, 7) is 3.96. The van der Waals surface area contributed by atoms with E-state index in [-0.39, 0.29) is 18.1 Å². The molecule has 1 heterocycles. The number of hydrogen-bond donors (Lipinski definition) is 3. The molecule has 3 rings (SSSR count). The van der Waals surface area contributed by atoms with Crippen LogP contribution in [0, 0.1) is 5.82 Å². The molecule has 0 spiro atoms. The van der Waals surface area contributed by atoms with Crippen LogP contribution in [-0.4, -0.2) is 46.5 Å². The molecule has 146 valence electrons. The summed E-state index contributed by atoms with van der Waals surface area (Å²) in [5.74, 6) is 0.408. The number of benzene rings is 2. The third kappa shape index (κ3) is 4.56. The van der Waals surface area contributed by atoms with E-state index in [0.29, 0.717) is 11.7 Å². The molecule has 27 heavy (non-hydrogen) atoms. The van der Waals surface area contributed by atoms with Crippen molar-refractivity contribution >= 4 is 0 Å². The van der Waals surface area contributed by atoms with Gasteiger partial charge in [0.15, 0.2) is 11.6 Å². The molecule has 6 nitrogen and oxygen atoms in total. The Morgan fingerprint density at radius 2 is 1.67 bits per heavy atom. The lowest BCUT2D eigenvalue weighted by atomic mass is 10.0. The van der Waals surface area contributed by atoms with Crippen LogP contribution in [-0.2, 0) is 4.74 Å². The van der Waals surface area contributed by atoms with Crippen LogP contribution in [0.25, 0.3) is 0 Å². The number of rotatable bonds is 5. The molecule has 0 radical (unpaired) electrons. The van der Waals surface area contributed by atoms with Crippen molar-refractivity contribution < 1.29 is 33.9 Å². The molecule has 4 atom stereocenters. The SMILES string of the molecule is CC(C)c1ccc(Oc2ccc(O[C@H]3OC[C@H](O)[C@H](O)[C@H]3O)c(F)c2)cc1. The number of aliphatic hydroxyl groups is 3. The first-order valence-electron chi connectivity index (χ1n) is 8.75. The standard InChI is InChI=1S/C20H23FO6/c1-11(2)12-3-5-13(6-4-12)26-14-7-8-17(15(21)9-14)27-20-19(24)18(23)16(22)10-25-20/h3-9,11,16,18-20,22-24H,10H2,1-2H3/t16-,18-,19+,20+/m0/s1. The van der Waals surface area contributed by atoms with E-state index < -0.39 is 30.4 Å². The van der Waals surface area contributed by atoms with Crippen LogP contribution in [0.2, 0.25) is 0 Å². The zero-order valence-corrected chi connectivity index (χ0v) is 15.1. The molecule has 7 heteroatoms. The summed E-state index contributed by atoms with van der Waals surface area (Å²) in [4.78, 5) is 0. The fraction of sp³-hybridized carbons (Fsp3) is 0.400. The Labute approximate surface area is 156 Å². The van der Waals surface area contributed by atoms with Crippen LogP contribution in [0.1, 0.15) is 25.3 Å². The van der Waals surface area contributed by atoms with Crippen molar-refractivity contribution in [1.29, 1.82) is 0 Å². The smallest absolute Gasteiger partial charge is 0.229 e. The summed E-state index contributed by atoms with van der Waals surface area (Å²) < 4.78 is 30.4. The topological polar surface area (TPSA) is 88.4 Å². The largest absolute Gasteiger partial charge is 0.459 e. The first-order valence-corrected chi connectivity index (χ1v) is 8.75.